The third kappa shape index (κ3) is 7.93. The van der Waals surface area contributed by atoms with E-state index in [1.165, 1.54) is 19.2 Å². The Kier molecular flexibility index (Phi) is 10.3. The van der Waals surface area contributed by atoms with Crippen LogP contribution in [-0.2, 0) is 15.7 Å². The van der Waals surface area contributed by atoms with Crippen molar-refractivity contribution in [2.75, 3.05) is 31.2 Å². The first-order valence-corrected chi connectivity index (χ1v) is 13.8. The van der Waals surface area contributed by atoms with Crippen molar-refractivity contribution in [3.05, 3.63) is 88.7 Å². The number of pyridine rings is 2. The summed E-state index contributed by atoms with van der Waals surface area (Å²) in [6.07, 6.45) is -6.16. The van der Waals surface area contributed by atoms with Gasteiger partial charge in [-0.1, -0.05) is 18.2 Å². The molecule has 1 unspecified atom stereocenters. The van der Waals surface area contributed by atoms with E-state index in [1.54, 1.807) is 29.7 Å². The molecule has 2 aromatic carbocycles. The van der Waals surface area contributed by atoms with Crippen molar-refractivity contribution in [2.45, 2.75) is 32.2 Å². The zero-order valence-electron chi connectivity index (χ0n) is 24.6. The number of nitrogens with one attached hydrogen (secondary N) is 1. The van der Waals surface area contributed by atoms with Crippen molar-refractivity contribution < 1.29 is 54.6 Å². The lowest BCUT2D eigenvalue weighted by molar-refractivity contribution is -0.167. The Bertz CT molecular complexity index is 1770. The molecule has 0 saturated carbocycles. The molecule has 1 aliphatic heterocycles. The summed E-state index contributed by atoms with van der Waals surface area (Å²) in [5, 5.41) is 11.1. The van der Waals surface area contributed by atoms with Gasteiger partial charge < -0.3 is 20.1 Å². The highest BCUT2D eigenvalue weighted by atomic mass is 19.4. The van der Waals surface area contributed by atoms with Gasteiger partial charge in [0.1, 0.15) is 29.8 Å². The number of carboxylic acid groups (broad SMARTS) is 1. The van der Waals surface area contributed by atoms with E-state index >= 15 is 0 Å². The standard InChI is InChI=1S/C17H13F3N2.C14H13F5N2O4/c1-10-5-6-13(15-12(10)4-3-8-21-15)16-14(17(18,19)20)11(2)7-9-22-16;15-8-3-7(21-1-2-25-6-10(21)14(17,18)19)4-9(16)12(8)13(24)20-5-11(22)23/h3-9H,1-2H3;3-4,10H,1-2,5-6H2,(H,20,24)(H,22,23). The number of rotatable bonds is 5. The van der Waals surface area contributed by atoms with Gasteiger partial charge in [0.2, 0.25) is 0 Å². The summed E-state index contributed by atoms with van der Waals surface area (Å²) in [4.78, 5) is 31.0. The Morgan fingerprint density at radius 2 is 1.66 bits per heavy atom. The molecule has 16 heteroatoms. The molecule has 47 heavy (non-hydrogen) atoms. The van der Waals surface area contributed by atoms with Crippen molar-refractivity contribution in [1.29, 1.82) is 0 Å². The molecule has 0 aliphatic carbocycles. The Hall–Kier alpha value is -4.86. The van der Waals surface area contributed by atoms with Gasteiger partial charge in [-0.05, 0) is 49.2 Å². The van der Waals surface area contributed by atoms with Crippen molar-refractivity contribution >= 4 is 28.5 Å². The third-order valence-electron chi connectivity index (χ3n) is 7.18. The number of nitrogens with zero attached hydrogens (tertiary/aromatic N) is 3. The lowest BCUT2D eigenvalue weighted by Crippen LogP contribution is -2.53. The lowest BCUT2D eigenvalue weighted by Gasteiger charge is -2.38. The number of carbonyl (C=O) groups is 2. The van der Waals surface area contributed by atoms with Crippen LogP contribution in [0.25, 0.3) is 22.2 Å². The normalized spacial score (nSPS) is 15.2. The summed E-state index contributed by atoms with van der Waals surface area (Å²) in [7, 11) is 0. The second kappa shape index (κ2) is 13.9. The number of hydrogen-bond donors (Lipinski definition) is 2. The smallest absolute Gasteiger partial charge is 0.418 e. The molecule has 8 nitrogen and oxygen atoms in total. The summed E-state index contributed by atoms with van der Waals surface area (Å²) in [5.74, 6) is -5.54. The van der Waals surface area contributed by atoms with Gasteiger partial charge in [0.05, 0.1) is 30.0 Å². The summed E-state index contributed by atoms with van der Waals surface area (Å²) in [5.41, 5.74) is -0.183. The minimum Gasteiger partial charge on any atom is -0.480 e. The number of anilines is 1. The first-order chi connectivity index (χ1) is 22.0. The molecule has 3 heterocycles. The molecule has 1 aliphatic rings. The largest absolute Gasteiger partial charge is 0.480 e. The van der Waals surface area contributed by atoms with Crippen LogP contribution in [0.3, 0.4) is 0 Å². The number of amides is 1. The van der Waals surface area contributed by atoms with Crippen LogP contribution < -0.4 is 10.2 Å². The fraction of sp³-hybridized carbons (Fsp3) is 0.290. The molecule has 2 N–H and O–H groups in total. The predicted octanol–water partition coefficient (Wildman–Crippen LogP) is 6.48. The minimum atomic E-state index is -4.68. The van der Waals surface area contributed by atoms with Crippen LogP contribution in [0.15, 0.2) is 54.9 Å². The maximum absolute atomic E-state index is 14.1. The zero-order valence-corrected chi connectivity index (χ0v) is 24.6. The molecule has 1 atom stereocenters. The molecular weight excluding hydrogens is 644 g/mol. The zero-order chi connectivity index (χ0) is 34.7. The van der Waals surface area contributed by atoms with E-state index in [9.17, 15) is 44.7 Å². The quantitative estimate of drug-likeness (QED) is 0.235. The third-order valence-corrected chi connectivity index (χ3v) is 7.18. The molecule has 1 saturated heterocycles. The Labute approximate surface area is 262 Å². The maximum Gasteiger partial charge on any atom is 0.418 e. The number of morpholine rings is 1. The highest BCUT2D eigenvalue weighted by Crippen LogP contribution is 2.40. The number of halogens is 8. The minimum absolute atomic E-state index is 0.0589. The number of aliphatic carboxylic acids is 1. The van der Waals surface area contributed by atoms with E-state index in [1.807, 2.05) is 13.0 Å². The number of alkyl halides is 6. The molecule has 1 amide bonds. The van der Waals surface area contributed by atoms with E-state index in [-0.39, 0.29) is 24.4 Å². The second-order valence-electron chi connectivity index (χ2n) is 10.4. The fourth-order valence-corrected chi connectivity index (χ4v) is 5.00. The molecule has 1 fully saturated rings. The van der Waals surface area contributed by atoms with Gasteiger partial charge in [0.25, 0.3) is 5.91 Å². The Morgan fingerprint density at radius 1 is 0.979 bits per heavy atom. The molecule has 4 aromatic rings. The number of aryl methyl sites for hydroxylation is 2. The van der Waals surface area contributed by atoms with Gasteiger partial charge in [-0.15, -0.1) is 0 Å². The summed E-state index contributed by atoms with van der Waals surface area (Å²) in [6, 6.07) is 7.57. The number of fused-ring (bicyclic) bond motifs is 1. The Morgan fingerprint density at radius 3 is 2.28 bits per heavy atom. The fourth-order valence-electron chi connectivity index (χ4n) is 5.00. The average molecular weight is 671 g/mol. The first-order valence-electron chi connectivity index (χ1n) is 13.8. The summed E-state index contributed by atoms with van der Waals surface area (Å²) >= 11 is 0. The highest BCUT2D eigenvalue weighted by Gasteiger charge is 2.46. The molecule has 2 aromatic heterocycles. The van der Waals surface area contributed by atoms with Gasteiger partial charge >= 0.3 is 18.3 Å². The molecular formula is C31H26F8N4O4. The number of carboxylic acids is 1. The van der Waals surface area contributed by atoms with Crippen molar-refractivity contribution in [3.63, 3.8) is 0 Å². The van der Waals surface area contributed by atoms with Crippen molar-refractivity contribution in [1.82, 2.24) is 15.3 Å². The van der Waals surface area contributed by atoms with Crippen LogP contribution in [0.5, 0.6) is 0 Å². The number of hydrogen-bond acceptors (Lipinski definition) is 6. The second-order valence-corrected chi connectivity index (χ2v) is 10.4. The van der Waals surface area contributed by atoms with Gasteiger partial charge in [0, 0.05) is 35.6 Å². The van der Waals surface area contributed by atoms with E-state index < -0.39 is 71.9 Å². The average Bonchev–Trinajstić information content (AvgIpc) is 2.99. The molecule has 5 rings (SSSR count). The molecule has 0 radical (unpaired) electrons. The molecule has 250 valence electrons. The van der Waals surface area contributed by atoms with Crippen LogP contribution in [0.4, 0.5) is 40.8 Å². The number of benzene rings is 2. The summed E-state index contributed by atoms with van der Waals surface area (Å²) in [6.45, 7) is 1.50. The van der Waals surface area contributed by atoms with Crippen LogP contribution in [-0.4, -0.2) is 65.5 Å². The van der Waals surface area contributed by atoms with E-state index in [2.05, 4.69) is 9.97 Å². The van der Waals surface area contributed by atoms with E-state index in [0.29, 0.717) is 23.2 Å². The van der Waals surface area contributed by atoms with Crippen molar-refractivity contribution in [3.8, 4) is 11.3 Å². The monoisotopic (exact) mass is 670 g/mol. The number of ether oxygens (including phenoxy) is 1. The van der Waals surface area contributed by atoms with Gasteiger partial charge in [-0.3, -0.25) is 19.6 Å². The lowest BCUT2D eigenvalue weighted by atomic mass is 9.97. The summed E-state index contributed by atoms with van der Waals surface area (Å²) < 4.78 is 112. The SMILES string of the molecule is Cc1ccnc(-c2ccc(C)c3cccnc23)c1C(F)(F)F.O=C(O)CNC(=O)c1c(F)cc(N2CCOCC2C(F)(F)F)cc1F. The van der Waals surface area contributed by atoms with Gasteiger partial charge in [-0.25, -0.2) is 8.78 Å². The topological polar surface area (TPSA) is 105 Å². The molecule has 0 bridgehead atoms. The van der Waals surface area contributed by atoms with Crippen LogP contribution in [0, 0.1) is 25.5 Å². The first kappa shape index (κ1) is 35.0. The van der Waals surface area contributed by atoms with E-state index in [4.69, 9.17) is 9.84 Å². The van der Waals surface area contributed by atoms with E-state index in [0.717, 1.165) is 15.8 Å². The molecule has 0 spiro atoms. The number of aromatic nitrogens is 2. The highest BCUT2D eigenvalue weighted by molar-refractivity contribution is 5.97. The van der Waals surface area contributed by atoms with Crippen LogP contribution in [0.1, 0.15) is 27.0 Å². The van der Waals surface area contributed by atoms with Gasteiger partial charge in [0.15, 0.2) is 0 Å². The number of carbonyl (C=O) groups excluding carboxylic acids is 1. The van der Waals surface area contributed by atoms with Gasteiger partial charge in [-0.2, -0.15) is 26.3 Å². The van der Waals surface area contributed by atoms with Crippen molar-refractivity contribution in [2.24, 2.45) is 0 Å². The maximum atomic E-state index is 14.1. The van der Waals surface area contributed by atoms with Crippen LogP contribution in [0.2, 0.25) is 0 Å². The Balaban J connectivity index is 0.000000214. The van der Waals surface area contributed by atoms with Crippen LogP contribution >= 0.6 is 0 Å². The predicted molar refractivity (Wildman–Crippen MR) is 154 cm³/mol.